The highest BCUT2D eigenvalue weighted by Gasteiger charge is 2.28. The van der Waals surface area contributed by atoms with Crippen molar-refractivity contribution in [3.8, 4) is 10.4 Å². The fourth-order valence-corrected chi connectivity index (χ4v) is 7.80. The molecule has 2 amide bonds. The monoisotopic (exact) mass is 576 g/mol. The van der Waals surface area contributed by atoms with E-state index in [9.17, 15) is 18.0 Å². The lowest BCUT2D eigenvalue weighted by atomic mass is 9.86. The van der Waals surface area contributed by atoms with Gasteiger partial charge in [-0.3, -0.25) is 4.79 Å². The Hall–Kier alpha value is -2.50. The molecule has 1 saturated carbocycles. The summed E-state index contributed by atoms with van der Waals surface area (Å²) in [5.74, 6) is 0.301. The number of carbonyl (C=O) groups is 2. The van der Waals surface area contributed by atoms with Gasteiger partial charge in [-0.05, 0) is 70.4 Å². The van der Waals surface area contributed by atoms with E-state index in [0.717, 1.165) is 67.9 Å². The van der Waals surface area contributed by atoms with Crippen LogP contribution in [0.15, 0.2) is 29.3 Å². The largest absolute Gasteiger partial charge is 0.447 e. The van der Waals surface area contributed by atoms with Crippen LogP contribution in [0.5, 0.6) is 0 Å². The third-order valence-corrected chi connectivity index (χ3v) is 10.0. The van der Waals surface area contributed by atoms with E-state index in [1.165, 1.54) is 11.3 Å². The molecule has 0 unspecified atom stereocenters. The second-order valence-electron chi connectivity index (χ2n) is 10.7. The maximum absolute atomic E-state index is 13.2. The van der Waals surface area contributed by atoms with Gasteiger partial charge < -0.3 is 15.0 Å². The number of benzene rings is 1. The van der Waals surface area contributed by atoms with Gasteiger partial charge in [-0.15, -0.1) is 11.3 Å². The van der Waals surface area contributed by atoms with Gasteiger partial charge in [-0.25, -0.2) is 22.9 Å². The van der Waals surface area contributed by atoms with Crippen molar-refractivity contribution in [3.63, 3.8) is 0 Å². The van der Waals surface area contributed by atoms with E-state index in [-0.39, 0.29) is 47.9 Å². The lowest BCUT2D eigenvalue weighted by Gasteiger charge is -2.28. The zero-order valence-corrected chi connectivity index (χ0v) is 24.7. The van der Waals surface area contributed by atoms with Crippen LogP contribution in [0.4, 0.5) is 4.79 Å². The van der Waals surface area contributed by atoms with Crippen LogP contribution in [0.3, 0.4) is 0 Å². The van der Waals surface area contributed by atoms with Gasteiger partial charge in [0.1, 0.15) is 0 Å². The molecule has 0 spiro atoms. The molecule has 2 fully saturated rings. The van der Waals surface area contributed by atoms with E-state index in [2.05, 4.69) is 15.0 Å². The highest BCUT2D eigenvalue weighted by Crippen LogP contribution is 2.39. The van der Waals surface area contributed by atoms with Gasteiger partial charge in [-0.2, -0.15) is 0 Å². The Morgan fingerprint density at radius 2 is 1.85 bits per heavy atom. The molecule has 11 heteroatoms. The Morgan fingerprint density at radius 1 is 1.13 bits per heavy atom. The van der Waals surface area contributed by atoms with Crippen LogP contribution in [0.2, 0.25) is 0 Å². The number of nitrogens with zero attached hydrogens (tertiary/aromatic N) is 2. The predicted octanol–water partition coefficient (Wildman–Crippen LogP) is 4.82. The molecule has 4 rings (SSSR count). The number of nitrogens with one attached hydrogen (secondary N) is 2. The molecule has 2 aromatic rings. The molecule has 39 heavy (non-hydrogen) atoms. The van der Waals surface area contributed by atoms with Crippen LogP contribution in [-0.4, -0.2) is 62.1 Å². The average Bonchev–Trinajstić information content (AvgIpc) is 3.39. The first-order valence-corrected chi connectivity index (χ1v) is 16.3. The van der Waals surface area contributed by atoms with Crippen LogP contribution in [0.1, 0.15) is 82.2 Å². The smallest absolute Gasteiger partial charge is 0.407 e. The summed E-state index contributed by atoms with van der Waals surface area (Å²) in [4.78, 5) is 32.3. The van der Waals surface area contributed by atoms with Crippen molar-refractivity contribution in [3.05, 3.63) is 35.0 Å². The van der Waals surface area contributed by atoms with Crippen molar-refractivity contribution < 1.29 is 22.7 Å². The van der Waals surface area contributed by atoms with Crippen molar-refractivity contribution in [1.29, 1.82) is 0 Å². The van der Waals surface area contributed by atoms with Crippen molar-refractivity contribution in [2.45, 2.75) is 95.1 Å². The Kier molecular flexibility index (Phi) is 10.0. The number of sulfonamides is 1. The van der Waals surface area contributed by atoms with E-state index < -0.39 is 10.0 Å². The molecule has 2 aliphatic rings. The quantitative estimate of drug-likeness (QED) is 0.442. The Balaban J connectivity index is 1.49. The second kappa shape index (κ2) is 13.2. The second-order valence-corrected chi connectivity index (χ2v) is 13.5. The molecule has 214 valence electrons. The highest BCUT2D eigenvalue weighted by atomic mass is 32.2. The summed E-state index contributed by atoms with van der Waals surface area (Å²) < 4.78 is 34.2. The molecule has 1 aliphatic heterocycles. The van der Waals surface area contributed by atoms with E-state index in [4.69, 9.17) is 4.74 Å². The molecule has 2 heterocycles. The third kappa shape index (κ3) is 7.79. The first-order chi connectivity index (χ1) is 18.7. The fourth-order valence-electron chi connectivity index (χ4n) is 5.30. The summed E-state index contributed by atoms with van der Waals surface area (Å²) in [6, 6.07) is 5.39. The summed E-state index contributed by atoms with van der Waals surface area (Å²) in [5, 5.41) is 3.93. The molecule has 9 nitrogen and oxygen atoms in total. The zero-order chi connectivity index (χ0) is 28.0. The standard InChI is InChI=1S/C28H40N4O5S2/c1-4-30-39(35,36)25-16-20(17-26(33)32-14-6-5-7-15-32)8-13-23(25)24-18-29-27(38-24)21-9-11-22(12-10-21)31-28(34)37-19(2)3/h8,13,16,18-19,21-22,30H,4-7,9-12,14-15,17H2,1-3H3,(H,31,34)/t21-,22-. The topological polar surface area (TPSA) is 118 Å². The van der Waals surface area contributed by atoms with Crippen LogP contribution in [0, 0.1) is 0 Å². The Morgan fingerprint density at radius 3 is 2.51 bits per heavy atom. The summed E-state index contributed by atoms with van der Waals surface area (Å²) in [5.41, 5.74) is 1.29. The summed E-state index contributed by atoms with van der Waals surface area (Å²) in [7, 11) is -3.76. The number of ether oxygens (including phenoxy) is 1. The highest BCUT2D eigenvalue weighted by molar-refractivity contribution is 7.89. The number of thiazole rings is 1. The fraction of sp³-hybridized carbons (Fsp3) is 0.607. The maximum atomic E-state index is 13.2. The molecule has 1 saturated heterocycles. The number of amides is 2. The number of carbonyl (C=O) groups excluding carboxylic acids is 2. The molecule has 2 N–H and O–H groups in total. The van der Waals surface area contributed by atoms with Crippen molar-refractivity contribution >= 4 is 33.4 Å². The van der Waals surface area contributed by atoms with Gasteiger partial charge in [0.05, 0.1) is 27.3 Å². The van der Waals surface area contributed by atoms with E-state index in [1.807, 2.05) is 30.9 Å². The molecular weight excluding hydrogens is 536 g/mol. The molecule has 1 aromatic heterocycles. The molecule has 0 atom stereocenters. The first kappa shape index (κ1) is 29.5. The van der Waals surface area contributed by atoms with Gasteiger partial charge in [0.25, 0.3) is 0 Å². The van der Waals surface area contributed by atoms with E-state index in [1.54, 1.807) is 19.2 Å². The van der Waals surface area contributed by atoms with Gasteiger partial charge in [0.15, 0.2) is 0 Å². The van der Waals surface area contributed by atoms with Crippen LogP contribution in [-0.2, 0) is 26.0 Å². The zero-order valence-electron chi connectivity index (χ0n) is 23.1. The number of aromatic nitrogens is 1. The maximum Gasteiger partial charge on any atom is 0.407 e. The lowest BCUT2D eigenvalue weighted by Crippen LogP contribution is -2.38. The van der Waals surface area contributed by atoms with Gasteiger partial charge in [-0.1, -0.05) is 19.1 Å². The Bertz CT molecular complexity index is 1250. The summed E-state index contributed by atoms with van der Waals surface area (Å²) >= 11 is 1.52. The minimum atomic E-state index is -3.76. The van der Waals surface area contributed by atoms with Crippen molar-refractivity contribution in [2.24, 2.45) is 0 Å². The number of alkyl carbamates (subject to hydrolysis) is 1. The predicted molar refractivity (Wildman–Crippen MR) is 152 cm³/mol. The SMILES string of the molecule is CCNS(=O)(=O)c1cc(CC(=O)N2CCCCC2)ccc1-c1cnc([C@H]2CC[C@H](NC(=O)OC(C)C)CC2)s1. The molecule has 1 aromatic carbocycles. The number of rotatable bonds is 9. The van der Waals surface area contributed by atoms with E-state index >= 15 is 0 Å². The molecular formula is C28H40N4O5S2. The van der Waals surface area contributed by atoms with Crippen molar-refractivity contribution in [2.75, 3.05) is 19.6 Å². The number of likely N-dealkylation sites (tertiary alicyclic amines) is 1. The first-order valence-electron chi connectivity index (χ1n) is 14.0. The molecule has 0 bridgehead atoms. The van der Waals surface area contributed by atoms with Crippen LogP contribution < -0.4 is 10.0 Å². The number of piperidine rings is 1. The Labute approximate surface area is 235 Å². The normalized spacial score (nSPS) is 20.2. The molecule has 1 aliphatic carbocycles. The van der Waals surface area contributed by atoms with E-state index in [0.29, 0.717) is 11.1 Å². The third-order valence-electron chi connectivity index (χ3n) is 7.26. The minimum absolute atomic E-state index is 0.0388. The summed E-state index contributed by atoms with van der Waals surface area (Å²) in [6.07, 6.45) is 8.04. The van der Waals surface area contributed by atoms with Crippen LogP contribution in [0.25, 0.3) is 10.4 Å². The van der Waals surface area contributed by atoms with Gasteiger partial charge >= 0.3 is 6.09 Å². The molecule has 0 radical (unpaired) electrons. The average molecular weight is 577 g/mol. The minimum Gasteiger partial charge on any atom is -0.447 e. The number of hydrogen-bond donors (Lipinski definition) is 2. The number of hydrogen-bond acceptors (Lipinski definition) is 7. The lowest BCUT2D eigenvalue weighted by molar-refractivity contribution is -0.131. The van der Waals surface area contributed by atoms with Gasteiger partial charge in [0.2, 0.25) is 15.9 Å². The summed E-state index contributed by atoms with van der Waals surface area (Å²) in [6.45, 7) is 7.21. The van der Waals surface area contributed by atoms with Crippen molar-refractivity contribution in [1.82, 2.24) is 19.9 Å². The van der Waals surface area contributed by atoms with Gasteiger partial charge in [0, 0.05) is 43.4 Å². The van der Waals surface area contributed by atoms with Crippen LogP contribution >= 0.6 is 11.3 Å².